The Balaban J connectivity index is 2.23. The lowest BCUT2D eigenvalue weighted by Crippen LogP contribution is -2.25. The number of hydrogen-bond donors (Lipinski definition) is 1. The van der Waals surface area contributed by atoms with Crippen LogP contribution < -0.4 is 10.1 Å². The van der Waals surface area contributed by atoms with Crippen LogP contribution in [0.5, 0.6) is 5.75 Å². The minimum Gasteiger partial charge on any atom is -0.496 e. The molecule has 114 valence electrons. The average Bonchev–Trinajstić information content (AvgIpc) is 2.83. The minimum absolute atomic E-state index is 0.172. The number of nitrogens with one attached hydrogen (secondary N) is 1. The molecule has 1 N–H and O–H groups in total. The quantitative estimate of drug-likeness (QED) is 0.869. The van der Waals surface area contributed by atoms with Gasteiger partial charge < -0.3 is 14.6 Å². The molecule has 0 amide bonds. The van der Waals surface area contributed by atoms with Gasteiger partial charge >= 0.3 is 0 Å². The van der Waals surface area contributed by atoms with Gasteiger partial charge in [-0.2, -0.15) is 0 Å². The zero-order valence-corrected chi connectivity index (χ0v) is 13.4. The van der Waals surface area contributed by atoms with Crippen molar-refractivity contribution in [1.82, 2.24) is 10.5 Å². The molecule has 0 radical (unpaired) electrons. The average molecular weight is 288 g/mol. The summed E-state index contributed by atoms with van der Waals surface area (Å²) in [4.78, 5) is 0. The second-order valence-electron chi connectivity index (χ2n) is 5.33. The Morgan fingerprint density at radius 2 is 2.00 bits per heavy atom. The number of methoxy groups -OCH3 is 1. The molecule has 1 aromatic carbocycles. The Bertz CT molecular complexity index is 573. The van der Waals surface area contributed by atoms with Gasteiger partial charge in [-0.25, -0.2) is 0 Å². The molecule has 0 aliphatic carbocycles. The van der Waals surface area contributed by atoms with E-state index in [2.05, 4.69) is 30.4 Å². The van der Waals surface area contributed by atoms with Gasteiger partial charge in [-0.3, -0.25) is 0 Å². The summed E-state index contributed by atoms with van der Waals surface area (Å²) in [5, 5.41) is 7.70. The third kappa shape index (κ3) is 3.27. The van der Waals surface area contributed by atoms with Gasteiger partial charge in [0.1, 0.15) is 11.5 Å². The largest absolute Gasteiger partial charge is 0.496 e. The fourth-order valence-electron chi connectivity index (χ4n) is 2.88. The van der Waals surface area contributed by atoms with Gasteiger partial charge in [0.15, 0.2) is 0 Å². The van der Waals surface area contributed by atoms with Crippen molar-refractivity contribution in [2.75, 3.05) is 7.11 Å². The molecule has 0 aliphatic heterocycles. The lowest BCUT2D eigenvalue weighted by molar-refractivity contribution is 0.381. The summed E-state index contributed by atoms with van der Waals surface area (Å²) in [6.45, 7) is 8.25. The molecule has 4 nitrogen and oxygen atoms in total. The number of aromatic nitrogens is 1. The molecule has 0 saturated heterocycles. The molecule has 1 aromatic heterocycles. The first-order valence-corrected chi connectivity index (χ1v) is 7.40. The van der Waals surface area contributed by atoms with Crippen LogP contribution in [0.3, 0.4) is 0 Å². The molecule has 2 aromatic rings. The summed E-state index contributed by atoms with van der Waals surface area (Å²) in [6, 6.07) is 8.55. The number of benzene rings is 1. The Kier molecular flexibility index (Phi) is 5.02. The van der Waals surface area contributed by atoms with Crippen LogP contribution in [0.15, 0.2) is 28.8 Å². The van der Waals surface area contributed by atoms with E-state index in [9.17, 15) is 0 Å². The zero-order valence-electron chi connectivity index (χ0n) is 13.4. The summed E-state index contributed by atoms with van der Waals surface area (Å²) in [6.07, 6.45) is 0.980. The Morgan fingerprint density at radius 1 is 1.29 bits per heavy atom. The first-order chi connectivity index (χ1) is 10.1. The molecule has 4 heteroatoms. The SMILES string of the molecule is CCC(NC(C)c1c(C)noc1C)c1ccccc1OC. The number of ether oxygens (including phenoxy) is 1. The Hall–Kier alpha value is -1.81. The first-order valence-electron chi connectivity index (χ1n) is 7.40. The van der Waals surface area contributed by atoms with Crippen molar-refractivity contribution in [2.45, 2.75) is 46.2 Å². The van der Waals surface area contributed by atoms with Gasteiger partial charge in [0.25, 0.3) is 0 Å². The van der Waals surface area contributed by atoms with Crippen LogP contribution >= 0.6 is 0 Å². The number of hydrogen-bond acceptors (Lipinski definition) is 4. The van der Waals surface area contributed by atoms with Crippen LogP contribution in [0.4, 0.5) is 0 Å². The fourth-order valence-corrected chi connectivity index (χ4v) is 2.88. The summed E-state index contributed by atoms with van der Waals surface area (Å²) < 4.78 is 10.7. The van der Waals surface area contributed by atoms with Gasteiger partial charge in [-0.1, -0.05) is 30.3 Å². The zero-order chi connectivity index (χ0) is 15.4. The molecular formula is C17H24N2O2. The second kappa shape index (κ2) is 6.76. The number of nitrogens with zero attached hydrogens (tertiary/aromatic N) is 1. The van der Waals surface area contributed by atoms with Crippen molar-refractivity contribution in [3.63, 3.8) is 0 Å². The summed E-state index contributed by atoms with van der Waals surface area (Å²) in [5.74, 6) is 1.80. The molecule has 0 spiro atoms. The summed E-state index contributed by atoms with van der Waals surface area (Å²) in [7, 11) is 1.71. The van der Waals surface area contributed by atoms with Gasteiger partial charge in [-0.15, -0.1) is 0 Å². The highest BCUT2D eigenvalue weighted by molar-refractivity contribution is 5.36. The van der Waals surface area contributed by atoms with E-state index in [4.69, 9.17) is 9.26 Å². The van der Waals surface area contributed by atoms with Crippen molar-refractivity contribution in [3.8, 4) is 5.75 Å². The third-order valence-corrected chi connectivity index (χ3v) is 3.90. The molecule has 0 aliphatic rings. The van der Waals surface area contributed by atoms with Crippen LogP contribution in [0, 0.1) is 13.8 Å². The molecule has 0 saturated carbocycles. The number of aryl methyl sites for hydroxylation is 2. The maximum Gasteiger partial charge on any atom is 0.138 e. The highest BCUT2D eigenvalue weighted by atomic mass is 16.5. The minimum atomic E-state index is 0.172. The number of rotatable bonds is 6. The predicted molar refractivity (Wildman–Crippen MR) is 83.6 cm³/mol. The van der Waals surface area contributed by atoms with Crippen LogP contribution in [-0.2, 0) is 0 Å². The van der Waals surface area contributed by atoms with Gasteiger partial charge in [0.2, 0.25) is 0 Å². The van der Waals surface area contributed by atoms with Crippen molar-refractivity contribution in [3.05, 3.63) is 46.8 Å². The standard InChI is InChI=1S/C17H24N2O2/c1-6-15(14-9-7-8-10-16(14)20-5)18-11(2)17-12(3)19-21-13(17)4/h7-11,15,18H,6H2,1-5H3. The van der Waals surface area contributed by atoms with E-state index >= 15 is 0 Å². The molecule has 2 rings (SSSR count). The Labute approximate surface area is 126 Å². The van der Waals surface area contributed by atoms with E-state index in [1.807, 2.05) is 32.0 Å². The van der Waals surface area contributed by atoms with Crippen molar-refractivity contribution < 1.29 is 9.26 Å². The molecular weight excluding hydrogens is 264 g/mol. The van der Waals surface area contributed by atoms with Crippen LogP contribution in [0.1, 0.15) is 54.9 Å². The van der Waals surface area contributed by atoms with Crippen LogP contribution in [-0.4, -0.2) is 12.3 Å². The number of para-hydroxylation sites is 1. The van der Waals surface area contributed by atoms with Gasteiger partial charge in [0, 0.05) is 23.2 Å². The highest BCUT2D eigenvalue weighted by Crippen LogP contribution is 2.30. The van der Waals surface area contributed by atoms with E-state index < -0.39 is 0 Å². The van der Waals surface area contributed by atoms with Crippen molar-refractivity contribution >= 4 is 0 Å². The topological polar surface area (TPSA) is 47.3 Å². The van der Waals surface area contributed by atoms with Crippen molar-refractivity contribution in [2.24, 2.45) is 0 Å². The molecule has 2 atom stereocenters. The fraction of sp³-hybridized carbons (Fsp3) is 0.471. The van der Waals surface area contributed by atoms with E-state index in [0.717, 1.165) is 29.2 Å². The molecule has 0 fully saturated rings. The third-order valence-electron chi connectivity index (χ3n) is 3.90. The maximum absolute atomic E-state index is 5.48. The maximum atomic E-state index is 5.48. The highest BCUT2D eigenvalue weighted by Gasteiger charge is 2.21. The molecule has 1 heterocycles. The lowest BCUT2D eigenvalue weighted by atomic mass is 10.00. The smallest absolute Gasteiger partial charge is 0.138 e. The summed E-state index contributed by atoms with van der Waals surface area (Å²) in [5.41, 5.74) is 3.27. The summed E-state index contributed by atoms with van der Waals surface area (Å²) >= 11 is 0. The molecule has 2 unspecified atom stereocenters. The monoisotopic (exact) mass is 288 g/mol. The van der Waals surface area contributed by atoms with E-state index in [-0.39, 0.29) is 12.1 Å². The van der Waals surface area contributed by atoms with Crippen LogP contribution in [0.2, 0.25) is 0 Å². The first kappa shape index (κ1) is 15.6. The Morgan fingerprint density at radius 3 is 2.57 bits per heavy atom. The van der Waals surface area contributed by atoms with E-state index in [1.54, 1.807) is 7.11 Å². The molecule has 21 heavy (non-hydrogen) atoms. The van der Waals surface area contributed by atoms with Crippen LogP contribution in [0.25, 0.3) is 0 Å². The van der Waals surface area contributed by atoms with Crippen molar-refractivity contribution in [1.29, 1.82) is 0 Å². The normalized spacial score (nSPS) is 14.0. The predicted octanol–water partition coefficient (Wildman–Crippen LogP) is 4.10. The van der Waals surface area contributed by atoms with E-state index in [1.165, 1.54) is 5.56 Å². The lowest BCUT2D eigenvalue weighted by Gasteiger charge is -2.24. The van der Waals surface area contributed by atoms with Gasteiger partial charge in [0.05, 0.1) is 12.8 Å². The van der Waals surface area contributed by atoms with Gasteiger partial charge in [-0.05, 0) is 33.3 Å². The second-order valence-corrected chi connectivity index (χ2v) is 5.33. The van der Waals surface area contributed by atoms with E-state index in [0.29, 0.717) is 0 Å². The molecule has 0 bridgehead atoms.